The molecule has 8 aromatic carbocycles. The third-order valence-corrected chi connectivity index (χ3v) is 10.5. The lowest BCUT2D eigenvalue weighted by atomic mass is 9.93. The highest BCUT2D eigenvalue weighted by molar-refractivity contribution is 6.22. The molecule has 2 heterocycles. The summed E-state index contributed by atoms with van der Waals surface area (Å²) in [5.74, 6) is 2.74. The molecule has 0 fully saturated rings. The molecule has 2 aromatic heterocycles. The van der Waals surface area contributed by atoms with E-state index >= 15 is 0 Å². The van der Waals surface area contributed by atoms with Crippen molar-refractivity contribution in [2.24, 2.45) is 0 Å². The molecule has 0 radical (unpaired) electrons. The number of rotatable bonds is 4. The zero-order chi connectivity index (χ0) is 34.9. The highest BCUT2D eigenvalue weighted by Crippen LogP contribution is 2.53. The van der Waals surface area contributed by atoms with Crippen LogP contribution >= 0.6 is 0 Å². The summed E-state index contributed by atoms with van der Waals surface area (Å²) in [6, 6.07) is 61.5. The van der Waals surface area contributed by atoms with E-state index in [-0.39, 0.29) is 0 Å². The molecule has 10 aromatic rings. The summed E-state index contributed by atoms with van der Waals surface area (Å²) in [6.07, 6.45) is 0. The van der Waals surface area contributed by atoms with Gasteiger partial charge in [-0.1, -0.05) is 164 Å². The van der Waals surface area contributed by atoms with E-state index in [1.165, 1.54) is 27.6 Å². The number of furan rings is 1. The highest BCUT2D eigenvalue weighted by atomic mass is 16.3. The fraction of sp³-hybridized carbons (Fsp3) is 0. The van der Waals surface area contributed by atoms with Crippen molar-refractivity contribution < 1.29 is 4.42 Å². The average Bonchev–Trinajstić information content (AvgIpc) is 3.59. The second-order valence-corrected chi connectivity index (χ2v) is 13.6. The van der Waals surface area contributed by atoms with Gasteiger partial charge in [0.15, 0.2) is 17.5 Å². The standard InChI is InChI=1S/C49H29N3O/c1-2-13-32(14-3-1)47-50-48(52-49(51-47)36-27-22-30-12-4-5-15-34(30)28-36)33-25-23-31(24-26-33)45-43-41-21-11-10-19-39(41)38-18-8-9-20-40(38)42-29-35-16-6-7-17-37(35)46(53-45)44(42)43/h1-29H. The zero-order valence-electron chi connectivity index (χ0n) is 28.5. The third kappa shape index (κ3) is 4.73. The minimum absolute atomic E-state index is 0.616. The number of nitrogens with zero attached hydrogens (tertiary/aromatic N) is 3. The monoisotopic (exact) mass is 675 g/mol. The van der Waals surface area contributed by atoms with Crippen molar-refractivity contribution in [2.75, 3.05) is 0 Å². The van der Waals surface area contributed by atoms with Crippen LogP contribution in [-0.4, -0.2) is 15.0 Å². The minimum atomic E-state index is 0.616. The molecular weight excluding hydrogens is 647 g/mol. The summed E-state index contributed by atoms with van der Waals surface area (Å²) in [4.78, 5) is 15.0. The fourth-order valence-electron chi connectivity index (χ4n) is 7.95. The zero-order valence-corrected chi connectivity index (χ0v) is 28.5. The van der Waals surface area contributed by atoms with Crippen molar-refractivity contribution in [2.45, 2.75) is 0 Å². The van der Waals surface area contributed by atoms with Crippen molar-refractivity contribution in [3.8, 4) is 78.9 Å². The molecule has 0 unspecified atom stereocenters. The van der Waals surface area contributed by atoms with E-state index in [1.807, 2.05) is 30.3 Å². The predicted octanol–water partition coefficient (Wildman–Crippen LogP) is 12.9. The van der Waals surface area contributed by atoms with Crippen molar-refractivity contribution in [1.82, 2.24) is 15.0 Å². The van der Waals surface area contributed by atoms with Crippen LogP contribution in [0, 0.1) is 0 Å². The van der Waals surface area contributed by atoms with Crippen LogP contribution in [0.15, 0.2) is 180 Å². The Morgan fingerprint density at radius 3 is 1.58 bits per heavy atom. The van der Waals surface area contributed by atoms with E-state index in [9.17, 15) is 0 Å². The molecule has 4 nitrogen and oxygen atoms in total. The van der Waals surface area contributed by atoms with Crippen LogP contribution in [0.1, 0.15) is 0 Å². The summed E-state index contributed by atoms with van der Waals surface area (Å²) in [5.41, 5.74) is 11.8. The van der Waals surface area contributed by atoms with E-state index in [0.29, 0.717) is 17.5 Å². The van der Waals surface area contributed by atoms with Gasteiger partial charge < -0.3 is 4.42 Å². The van der Waals surface area contributed by atoms with Gasteiger partial charge in [-0.25, -0.2) is 15.0 Å². The summed E-state index contributed by atoms with van der Waals surface area (Å²) in [7, 11) is 0. The molecule has 53 heavy (non-hydrogen) atoms. The maximum absolute atomic E-state index is 7.03. The number of hydrogen-bond acceptors (Lipinski definition) is 4. The molecule has 11 rings (SSSR count). The number of benzene rings is 8. The summed E-state index contributed by atoms with van der Waals surface area (Å²) in [6.45, 7) is 0. The molecule has 1 aliphatic rings. The van der Waals surface area contributed by atoms with Crippen LogP contribution in [0.4, 0.5) is 0 Å². The van der Waals surface area contributed by atoms with E-state index in [4.69, 9.17) is 19.4 Å². The second kappa shape index (κ2) is 11.7. The molecule has 0 bridgehead atoms. The predicted molar refractivity (Wildman–Crippen MR) is 216 cm³/mol. The Kier molecular flexibility index (Phi) is 6.52. The summed E-state index contributed by atoms with van der Waals surface area (Å²) < 4.78 is 7.03. The van der Waals surface area contributed by atoms with Gasteiger partial charge in [-0.05, 0) is 56.1 Å². The lowest BCUT2D eigenvalue weighted by Crippen LogP contribution is -2.00. The van der Waals surface area contributed by atoms with Crippen LogP contribution in [-0.2, 0) is 0 Å². The van der Waals surface area contributed by atoms with E-state index in [0.717, 1.165) is 66.3 Å². The van der Waals surface area contributed by atoms with Gasteiger partial charge in [0, 0.05) is 38.6 Å². The second-order valence-electron chi connectivity index (χ2n) is 13.6. The molecule has 1 aliphatic carbocycles. The van der Waals surface area contributed by atoms with Gasteiger partial charge in [-0.15, -0.1) is 0 Å². The topological polar surface area (TPSA) is 51.8 Å². The molecule has 4 heteroatoms. The van der Waals surface area contributed by atoms with E-state index < -0.39 is 0 Å². The van der Waals surface area contributed by atoms with Gasteiger partial charge in [0.2, 0.25) is 0 Å². The molecular formula is C49H29N3O. The minimum Gasteiger partial charge on any atom is -0.455 e. The van der Waals surface area contributed by atoms with Gasteiger partial charge >= 0.3 is 0 Å². The Labute approximate surface area is 305 Å². The largest absolute Gasteiger partial charge is 0.455 e. The Bertz CT molecular complexity index is 3050. The normalized spacial score (nSPS) is 11.8. The van der Waals surface area contributed by atoms with Crippen molar-refractivity contribution in [1.29, 1.82) is 0 Å². The molecule has 0 N–H and O–H groups in total. The molecule has 0 spiro atoms. The summed E-state index contributed by atoms with van der Waals surface area (Å²) >= 11 is 0. The maximum atomic E-state index is 7.03. The molecule has 246 valence electrons. The Morgan fingerprint density at radius 2 is 0.849 bits per heavy atom. The van der Waals surface area contributed by atoms with Crippen LogP contribution < -0.4 is 0 Å². The number of aromatic nitrogens is 3. The highest BCUT2D eigenvalue weighted by Gasteiger charge is 2.28. The van der Waals surface area contributed by atoms with E-state index in [1.54, 1.807) is 0 Å². The van der Waals surface area contributed by atoms with E-state index in [2.05, 4.69) is 146 Å². The van der Waals surface area contributed by atoms with Crippen molar-refractivity contribution in [3.05, 3.63) is 176 Å². The van der Waals surface area contributed by atoms with Gasteiger partial charge in [0.05, 0.1) is 0 Å². The quantitative estimate of drug-likeness (QED) is 0.186. The third-order valence-electron chi connectivity index (χ3n) is 10.5. The van der Waals surface area contributed by atoms with Crippen molar-refractivity contribution >= 4 is 32.5 Å². The van der Waals surface area contributed by atoms with Crippen LogP contribution in [0.25, 0.3) is 111 Å². The molecule has 0 saturated heterocycles. The maximum Gasteiger partial charge on any atom is 0.164 e. The Morgan fingerprint density at radius 1 is 0.340 bits per heavy atom. The van der Waals surface area contributed by atoms with Crippen LogP contribution in [0.3, 0.4) is 0 Å². The Hall–Kier alpha value is -7.17. The average molecular weight is 676 g/mol. The van der Waals surface area contributed by atoms with Crippen molar-refractivity contribution in [3.63, 3.8) is 0 Å². The lowest BCUT2D eigenvalue weighted by molar-refractivity contribution is 0.636. The molecule has 0 saturated carbocycles. The molecule has 0 aliphatic heterocycles. The van der Waals surface area contributed by atoms with Crippen LogP contribution in [0.2, 0.25) is 0 Å². The Balaban J connectivity index is 1.10. The van der Waals surface area contributed by atoms with Gasteiger partial charge in [-0.2, -0.15) is 0 Å². The lowest BCUT2D eigenvalue weighted by Gasteiger charge is -2.12. The van der Waals surface area contributed by atoms with Gasteiger partial charge in [0.25, 0.3) is 0 Å². The first kappa shape index (κ1) is 29.5. The number of hydrogen-bond donors (Lipinski definition) is 0. The molecule has 0 atom stereocenters. The number of fused-ring (bicyclic) bond motifs is 8. The first-order chi connectivity index (χ1) is 26.3. The molecule has 0 amide bonds. The SMILES string of the molecule is c1ccc(-c2nc(-c3ccc(-c4oc5c6c(cc7ccccc75)-c5ccccc5-c5ccccc5-c46)cc3)nc(-c3ccc4ccccc4c3)n2)cc1. The van der Waals surface area contributed by atoms with Gasteiger partial charge in [0.1, 0.15) is 11.3 Å². The fourth-order valence-corrected chi connectivity index (χ4v) is 7.95. The first-order valence-electron chi connectivity index (χ1n) is 17.9. The smallest absolute Gasteiger partial charge is 0.164 e. The van der Waals surface area contributed by atoms with Crippen LogP contribution in [0.5, 0.6) is 0 Å². The first-order valence-corrected chi connectivity index (χ1v) is 17.9. The summed E-state index contributed by atoms with van der Waals surface area (Å²) in [5, 5.41) is 5.72. The van der Waals surface area contributed by atoms with Gasteiger partial charge in [-0.3, -0.25) is 0 Å².